The van der Waals surface area contributed by atoms with Crippen molar-refractivity contribution in [1.82, 2.24) is 14.3 Å². The standard InChI is InChI=1S/C34H19ClF3N3O5S/c35-27-16-21(34(42)43)9-13-24(27)19-3-1-4-20(15-19)32-30(25-5-2-6-28-31(25)40-46-39-28)26-17-22(36)10-14-29(26)41(32)47(44,45)23-11-7-18(8-12-23)33(37)38/h1-17,33H,(H,42,43). The fourth-order valence-electron chi connectivity index (χ4n) is 5.63. The Labute approximate surface area is 269 Å². The summed E-state index contributed by atoms with van der Waals surface area (Å²) in [5.41, 5.74) is 2.55. The molecular formula is C34H19ClF3N3O5S. The molecule has 0 aliphatic rings. The summed E-state index contributed by atoms with van der Waals surface area (Å²) in [6.07, 6.45) is -2.81. The number of benzene rings is 5. The number of alkyl halides is 2. The zero-order valence-corrected chi connectivity index (χ0v) is 25.3. The number of hydrogen-bond acceptors (Lipinski definition) is 6. The third kappa shape index (κ3) is 5.11. The van der Waals surface area contributed by atoms with Crippen molar-refractivity contribution in [2.24, 2.45) is 0 Å². The number of hydrogen-bond donors (Lipinski definition) is 1. The molecule has 0 bridgehead atoms. The number of fused-ring (bicyclic) bond motifs is 2. The van der Waals surface area contributed by atoms with Gasteiger partial charge in [-0.05, 0) is 70.5 Å². The van der Waals surface area contributed by atoms with Crippen LogP contribution in [0.5, 0.6) is 0 Å². The third-order valence-corrected chi connectivity index (χ3v) is 9.82. The number of carbonyl (C=O) groups is 1. The van der Waals surface area contributed by atoms with Gasteiger partial charge in [0.25, 0.3) is 16.4 Å². The Balaban J connectivity index is 1.58. The highest BCUT2D eigenvalue weighted by Crippen LogP contribution is 2.46. The molecule has 2 aromatic heterocycles. The number of aromatic carboxylic acids is 1. The molecule has 0 atom stereocenters. The molecule has 234 valence electrons. The van der Waals surface area contributed by atoms with Crippen LogP contribution >= 0.6 is 11.6 Å². The van der Waals surface area contributed by atoms with Crippen LogP contribution in [0.2, 0.25) is 5.02 Å². The van der Waals surface area contributed by atoms with Gasteiger partial charge < -0.3 is 5.11 Å². The lowest BCUT2D eigenvalue weighted by Crippen LogP contribution is -2.14. The lowest BCUT2D eigenvalue weighted by atomic mass is 9.95. The summed E-state index contributed by atoms with van der Waals surface area (Å²) in [6.45, 7) is 0. The minimum Gasteiger partial charge on any atom is -0.478 e. The van der Waals surface area contributed by atoms with E-state index in [-0.39, 0.29) is 43.2 Å². The molecule has 47 heavy (non-hydrogen) atoms. The first-order valence-corrected chi connectivity index (χ1v) is 15.7. The fourth-order valence-corrected chi connectivity index (χ4v) is 7.47. The predicted molar refractivity (Wildman–Crippen MR) is 170 cm³/mol. The third-order valence-electron chi connectivity index (χ3n) is 7.78. The lowest BCUT2D eigenvalue weighted by Gasteiger charge is -2.15. The van der Waals surface area contributed by atoms with Crippen LogP contribution in [-0.2, 0) is 10.0 Å². The zero-order chi connectivity index (χ0) is 33.0. The van der Waals surface area contributed by atoms with E-state index in [9.17, 15) is 31.5 Å². The van der Waals surface area contributed by atoms with Crippen LogP contribution in [0.4, 0.5) is 13.2 Å². The van der Waals surface area contributed by atoms with Crippen molar-refractivity contribution in [2.75, 3.05) is 0 Å². The first kappa shape index (κ1) is 30.2. The van der Waals surface area contributed by atoms with Gasteiger partial charge in [-0.1, -0.05) is 60.1 Å². The Morgan fingerprint density at radius 2 is 1.60 bits per heavy atom. The van der Waals surface area contributed by atoms with Crippen LogP contribution in [0, 0.1) is 5.82 Å². The molecule has 7 aromatic rings. The second-order valence-electron chi connectivity index (χ2n) is 10.5. The van der Waals surface area contributed by atoms with E-state index in [1.54, 1.807) is 48.5 Å². The fraction of sp³-hybridized carbons (Fsp3) is 0.0294. The Morgan fingerprint density at radius 1 is 0.851 bits per heavy atom. The largest absolute Gasteiger partial charge is 0.478 e. The molecule has 0 radical (unpaired) electrons. The highest BCUT2D eigenvalue weighted by atomic mass is 35.5. The molecule has 13 heteroatoms. The predicted octanol–water partition coefficient (Wildman–Crippen LogP) is 8.84. The average Bonchev–Trinajstić information content (AvgIpc) is 3.68. The van der Waals surface area contributed by atoms with Crippen molar-refractivity contribution in [3.63, 3.8) is 0 Å². The van der Waals surface area contributed by atoms with Gasteiger partial charge in [-0.3, -0.25) is 0 Å². The molecule has 0 saturated carbocycles. The van der Waals surface area contributed by atoms with Gasteiger partial charge in [0.15, 0.2) is 0 Å². The Morgan fingerprint density at radius 3 is 2.32 bits per heavy atom. The van der Waals surface area contributed by atoms with Gasteiger partial charge in [-0.15, -0.1) is 0 Å². The van der Waals surface area contributed by atoms with Crippen molar-refractivity contribution >= 4 is 49.5 Å². The topological polar surface area (TPSA) is 115 Å². The van der Waals surface area contributed by atoms with E-state index in [4.69, 9.17) is 16.2 Å². The van der Waals surface area contributed by atoms with Crippen molar-refractivity contribution in [3.8, 4) is 33.5 Å². The molecule has 0 saturated heterocycles. The summed E-state index contributed by atoms with van der Waals surface area (Å²) >= 11 is 6.50. The summed E-state index contributed by atoms with van der Waals surface area (Å²) in [5, 5.41) is 17.7. The number of halogens is 4. The average molecular weight is 674 g/mol. The minimum atomic E-state index is -4.53. The van der Waals surface area contributed by atoms with Gasteiger partial charge in [0.2, 0.25) is 0 Å². The molecule has 2 heterocycles. The maximum atomic E-state index is 15.0. The molecule has 0 unspecified atom stereocenters. The van der Waals surface area contributed by atoms with Gasteiger partial charge in [0.1, 0.15) is 16.9 Å². The molecular weight excluding hydrogens is 655 g/mol. The Kier molecular flexibility index (Phi) is 7.33. The molecule has 0 aliphatic carbocycles. The Hall–Kier alpha value is -5.46. The molecule has 0 fully saturated rings. The van der Waals surface area contributed by atoms with Crippen molar-refractivity contribution in [3.05, 3.63) is 125 Å². The van der Waals surface area contributed by atoms with Crippen LogP contribution in [0.15, 0.2) is 113 Å². The van der Waals surface area contributed by atoms with Crippen LogP contribution in [0.3, 0.4) is 0 Å². The number of rotatable bonds is 7. The van der Waals surface area contributed by atoms with Gasteiger partial charge in [0.05, 0.1) is 21.7 Å². The quantitative estimate of drug-likeness (QED) is 0.180. The lowest BCUT2D eigenvalue weighted by molar-refractivity contribution is 0.0696. The van der Waals surface area contributed by atoms with E-state index >= 15 is 0 Å². The highest BCUT2D eigenvalue weighted by molar-refractivity contribution is 7.90. The van der Waals surface area contributed by atoms with Gasteiger partial charge in [-0.2, -0.15) is 0 Å². The van der Waals surface area contributed by atoms with Crippen LogP contribution in [0.1, 0.15) is 22.3 Å². The zero-order valence-electron chi connectivity index (χ0n) is 23.7. The second-order valence-corrected chi connectivity index (χ2v) is 12.7. The van der Waals surface area contributed by atoms with Crippen LogP contribution < -0.4 is 0 Å². The summed E-state index contributed by atoms with van der Waals surface area (Å²) in [4.78, 5) is 11.2. The first-order chi connectivity index (χ1) is 22.5. The first-order valence-electron chi connectivity index (χ1n) is 13.9. The molecule has 7 rings (SSSR count). The normalized spacial score (nSPS) is 11.9. The van der Waals surface area contributed by atoms with Crippen molar-refractivity contribution < 1.29 is 36.1 Å². The molecule has 8 nitrogen and oxygen atoms in total. The number of carboxylic acid groups (broad SMARTS) is 1. The molecule has 0 spiro atoms. The maximum absolute atomic E-state index is 15.0. The van der Waals surface area contributed by atoms with Crippen LogP contribution in [0.25, 0.3) is 55.4 Å². The summed E-state index contributed by atoms with van der Waals surface area (Å²) in [7, 11) is -4.53. The second kappa shape index (κ2) is 11.4. The van der Waals surface area contributed by atoms with E-state index in [1.807, 2.05) is 0 Å². The molecule has 0 amide bonds. The summed E-state index contributed by atoms with van der Waals surface area (Å²) in [6, 6.07) is 23.9. The number of nitrogens with zero attached hydrogens (tertiary/aromatic N) is 3. The van der Waals surface area contributed by atoms with Gasteiger partial charge in [-0.25, -0.2) is 35.0 Å². The van der Waals surface area contributed by atoms with E-state index in [2.05, 4.69) is 10.3 Å². The highest BCUT2D eigenvalue weighted by Gasteiger charge is 2.30. The van der Waals surface area contributed by atoms with E-state index < -0.39 is 28.2 Å². The Bertz CT molecular complexity index is 2480. The molecule has 5 aromatic carbocycles. The van der Waals surface area contributed by atoms with E-state index in [0.29, 0.717) is 33.3 Å². The maximum Gasteiger partial charge on any atom is 0.335 e. The van der Waals surface area contributed by atoms with Gasteiger partial charge >= 0.3 is 5.97 Å². The van der Waals surface area contributed by atoms with Gasteiger partial charge in [0, 0.05) is 38.2 Å². The SMILES string of the molecule is O=C(O)c1ccc(-c2cccc(-c3c(-c4cccc5nonc45)c4cc(F)ccc4n3S(=O)(=O)c3ccc(C(F)F)cc3)c2)c(Cl)c1. The molecule has 1 N–H and O–H groups in total. The van der Waals surface area contributed by atoms with Crippen LogP contribution in [-0.4, -0.2) is 33.8 Å². The number of carboxylic acids is 1. The summed E-state index contributed by atoms with van der Waals surface area (Å²) < 4.78 is 76.8. The van der Waals surface area contributed by atoms with E-state index in [1.165, 1.54) is 24.3 Å². The summed E-state index contributed by atoms with van der Waals surface area (Å²) in [5.74, 6) is -1.79. The molecule has 0 aliphatic heterocycles. The monoisotopic (exact) mass is 673 g/mol. The van der Waals surface area contributed by atoms with Crippen molar-refractivity contribution in [2.45, 2.75) is 11.3 Å². The minimum absolute atomic E-state index is 0.0161. The van der Waals surface area contributed by atoms with E-state index in [0.717, 1.165) is 34.3 Å². The smallest absolute Gasteiger partial charge is 0.335 e. The van der Waals surface area contributed by atoms with Crippen molar-refractivity contribution in [1.29, 1.82) is 0 Å². The number of aromatic nitrogens is 3.